The summed E-state index contributed by atoms with van der Waals surface area (Å²) in [5, 5.41) is 0. The lowest BCUT2D eigenvalue weighted by Crippen LogP contribution is -2.30. The van der Waals surface area contributed by atoms with Crippen LogP contribution in [0.1, 0.15) is 425 Å². The highest BCUT2D eigenvalue weighted by atomic mass is 16.6. The lowest BCUT2D eigenvalue weighted by molar-refractivity contribution is -0.167. The van der Waals surface area contributed by atoms with Crippen molar-refractivity contribution in [3.8, 4) is 0 Å². The predicted octanol–water partition coefficient (Wildman–Crippen LogP) is 25.2. The van der Waals surface area contributed by atoms with Crippen LogP contribution in [0.25, 0.3) is 0 Å². The first-order valence-corrected chi connectivity index (χ1v) is 36.7. The second-order valence-electron chi connectivity index (χ2n) is 25.2. The number of hydrogen-bond donors (Lipinski definition) is 0. The van der Waals surface area contributed by atoms with Crippen LogP contribution >= 0.6 is 0 Å². The molecule has 0 aromatic heterocycles. The SMILES string of the molecule is CCCCCCCCCC/C=C\CCCCCCCCCCCCCCCCCC(=O)OCC(COC(=O)CCCCCCCCCCCCCCC)OC(=O)CCCCCCCCCCCCCCCCCCCCCCCC. The van der Waals surface area contributed by atoms with E-state index in [-0.39, 0.29) is 31.1 Å². The lowest BCUT2D eigenvalue weighted by Gasteiger charge is -2.18. The molecule has 6 nitrogen and oxygen atoms in total. The number of carbonyl (C=O) groups is 3. The second-order valence-corrected chi connectivity index (χ2v) is 25.2. The highest BCUT2D eigenvalue weighted by molar-refractivity contribution is 5.71. The summed E-state index contributed by atoms with van der Waals surface area (Å²) in [4.78, 5) is 38.4. The number of rotatable bonds is 69. The summed E-state index contributed by atoms with van der Waals surface area (Å²) < 4.78 is 17.0. The summed E-state index contributed by atoms with van der Waals surface area (Å²) >= 11 is 0. The maximum atomic E-state index is 13.0. The van der Waals surface area contributed by atoms with Gasteiger partial charge >= 0.3 is 17.9 Å². The van der Waals surface area contributed by atoms with Gasteiger partial charge in [0.1, 0.15) is 13.2 Å². The summed E-state index contributed by atoms with van der Waals surface area (Å²) in [5.41, 5.74) is 0. The number of ether oxygens (including phenoxy) is 3. The third-order valence-corrected chi connectivity index (χ3v) is 17.0. The molecule has 0 saturated heterocycles. The van der Waals surface area contributed by atoms with Gasteiger partial charge in [0.2, 0.25) is 0 Å². The fraction of sp³-hybridized carbons (Fsp3) is 0.932. The van der Waals surface area contributed by atoms with Crippen molar-refractivity contribution in [2.45, 2.75) is 431 Å². The van der Waals surface area contributed by atoms with Crippen molar-refractivity contribution in [2.75, 3.05) is 13.2 Å². The van der Waals surface area contributed by atoms with Gasteiger partial charge in [0.25, 0.3) is 0 Å². The average molecular weight is 1130 g/mol. The van der Waals surface area contributed by atoms with E-state index in [2.05, 4.69) is 32.9 Å². The van der Waals surface area contributed by atoms with Crippen LogP contribution in [0.4, 0.5) is 0 Å². The first-order valence-electron chi connectivity index (χ1n) is 36.7. The van der Waals surface area contributed by atoms with Crippen LogP contribution < -0.4 is 0 Å². The summed E-state index contributed by atoms with van der Waals surface area (Å²) in [7, 11) is 0. The summed E-state index contributed by atoms with van der Waals surface area (Å²) in [6.45, 7) is 6.73. The number of allylic oxidation sites excluding steroid dienone is 2. The van der Waals surface area contributed by atoms with Gasteiger partial charge < -0.3 is 14.2 Å². The van der Waals surface area contributed by atoms with E-state index in [0.29, 0.717) is 19.3 Å². The van der Waals surface area contributed by atoms with Crippen LogP contribution in [-0.2, 0) is 28.6 Å². The van der Waals surface area contributed by atoms with Crippen molar-refractivity contribution in [2.24, 2.45) is 0 Å². The molecule has 0 spiro atoms. The van der Waals surface area contributed by atoms with Crippen molar-refractivity contribution >= 4 is 17.9 Å². The highest BCUT2D eigenvalue weighted by Crippen LogP contribution is 2.19. The van der Waals surface area contributed by atoms with Gasteiger partial charge in [-0.3, -0.25) is 14.4 Å². The predicted molar refractivity (Wildman–Crippen MR) is 349 cm³/mol. The fourth-order valence-corrected chi connectivity index (χ4v) is 11.5. The highest BCUT2D eigenvalue weighted by Gasteiger charge is 2.20. The van der Waals surface area contributed by atoms with Crippen molar-refractivity contribution < 1.29 is 28.6 Å². The van der Waals surface area contributed by atoms with E-state index >= 15 is 0 Å². The minimum atomic E-state index is -0.765. The Morgan fingerprint density at radius 3 is 0.625 bits per heavy atom. The normalized spacial score (nSPS) is 12.0. The maximum absolute atomic E-state index is 13.0. The molecule has 80 heavy (non-hydrogen) atoms. The average Bonchev–Trinajstić information content (AvgIpc) is 3.46. The molecule has 0 aliphatic heterocycles. The van der Waals surface area contributed by atoms with E-state index in [1.807, 2.05) is 0 Å². The number of carbonyl (C=O) groups excluding carboxylic acids is 3. The molecule has 1 unspecified atom stereocenters. The van der Waals surface area contributed by atoms with Gasteiger partial charge in [-0.1, -0.05) is 373 Å². The van der Waals surface area contributed by atoms with E-state index in [4.69, 9.17) is 14.2 Å². The van der Waals surface area contributed by atoms with Crippen molar-refractivity contribution in [3.05, 3.63) is 12.2 Å². The van der Waals surface area contributed by atoms with E-state index in [1.54, 1.807) is 0 Å². The Labute approximate surface area is 501 Å². The van der Waals surface area contributed by atoms with Gasteiger partial charge in [-0.2, -0.15) is 0 Å². The van der Waals surface area contributed by atoms with Crippen LogP contribution in [0.3, 0.4) is 0 Å². The summed E-state index contributed by atoms with van der Waals surface area (Å²) in [5.74, 6) is -0.824. The standard InChI is InChI=1S/C74H142O6/c1-4-7-10-13-16-19-22-25-27-29-31-33-35-36-37-38-39-41-42-44-46-49-52-55-58-61-64-67-73(76)79-70-71(69-78-72(75)66-63-60-57-54-51-48-24-21-18-15-12-9-6-3)80-74(77)68-65-62-59-56-53-50-47-45-43-40-34-32-30-28-26-23-20-17-14-11-8-5-2/h29,31,71H,4-28,30,32-70H2,1-3H3/b31-29-. The molecule has 0 radical (unpaired) electrons. The second kappa shape index (κ2) is 69.6. The Bertz CT molecular complexity index is 1250. The molecular weight excluding hydrogens is 985 g/mol. The Morgan fingerprint density at radius 2 is 0.412 bits per heavy atom. The van der Waals surface area contributed by atoms with Gasteiger partial charge in [-0.25, -0.2) is 0 Å². The molecule has 0 bridgehead atoms. The Kier molecular flexibility index (Phi) is 68.0. The van der Waals surface area contributed by atoms with Crippen LogP contribution in [0, 0.1) is 0 Å². The lowest BCUT2D eigenvalue weighted by atomic mass is 10.0. The zero-order valence-corrected chi connectivity index (χ0v) is 54.6. The molecule has 0 aromatic carbocycles. The van der Waals surface area contributed by atoms with E-state index in [9.17, 15) is 14.4 Å². The molecule has 1 atom stereocenters. The zero-order valence-electron chi connectivity index (χ0n) is 54.6. The molecule has 0 N–H and O–H groups in total. The fourth-order valence-electron chi connectivity index (χ4n) is 11.5. The molecule has 0 heterocycles. The van der Waals surface area contributed by atoms with Crippen LogP contribution in [-0.4, -0.2) is 37.2 Å². The van der Waals surface area contributed by atoms with Crippen LogP contribution in [0.15, 0.2) is 12.2 Å². The van der Waals surface area contributed by atoms with Gasteiger partial charge in [-0.05, 0) is 44.9 Å². The number of hydrogen-bond acceptors (Lipinski definition) is 6. The van der Waals surface area contributed by atoms with Gasteiger partial charge in [0.05, 0.1) is 0 Å². The maximum Gasteiger partial charge on any atom is 0.306 e. The quantitative estimate of drug-likeness (QED) is 0.0261. The first-order chi connectivity index (χ1) is 39.5. The largest absolute Gasteiger partial charge is 0.462 e. The van der Waals surface area contributed by atoms with E-state index < -0.39 is 6.10 Å². The van der Waals surface area contributed by atoms with E-state index in [0.717, 1.165) is 57.8 Å². The molecule has 0 aliphatic carbocycles. The molecular formula is C74H142O6. The summed E-state index contributed by atoms with van der Waals surface area (Å²) in [6.07, 6.45) is 84.0. The number of esters is 3. The van der Waals surface area contributed by atoms with Gasteiger partial charge in [-0.15, -0.1) is 0 Å². The zero-order chi connectivity index (χ0) is 57.8. The summed E-state index contributed by atoms with van der Waals surface area (Å²) in [6, 6.07) is 0. The first kappa shape index (κ1) is 78.1. The molecule has 0 saturated carbocycles. The molecule has 0 rings (SSSR count). The minimum Gasteiger partial charge on any atom is -0.462 e. The van der Waals surface area contributed by atoms with Crippen molar-refractivity contribution in [3.63, 3.8) is 0 Å². The molecule has 474 valence electrons. The smallest absolute Gasteiger partial charge is 0.306 e. The molecule has 0 aliphatic rings. The van der Waals surface area contributed by atoms with Gasteiger partial charge in [0, 0.05) is 19.3 Å². The van der Waals surface area contributed by atoms with Crippen LogP contribution in [0.5, 0.6) is 0 Å². The minimum absolute atomic E-state index is 0.0621. The third kappa shape index (κ3) is 66.9. The Morgan fingerprint density at radius 1 is 0.237 bits per heavy atom. The number of unbranched alkanes of at least 4 members (excludes halogenated alkanes) is 56. The molecule has 6 heteroatoms. The molecule has 0 aromatic rings. The Balaban J connectivity index is 4.18. The Hall–Kier alpha value is -1.85. The van der Waals surface area contributed by atoms with Gasteiger partial charge in [0.15, 0.2) is 6.10 Å². The van der Waals surface area contributed by atoms with Crippen molar-refractivity contribution in [1.29, 1.82) is 0 Å². The third-order valence-electron chi connectivity index (χ3n) is 17.0. The topological polar surface area (TPSA) is 78.9 Å². The van der Waals surface area contributed by atoms with Crippen LogP contribution in [0.2, 0.25) is 0 Å². The molecule has 0 amide bonds. The molecule has 0 fully saturated rings. The van der Waals surface area contributed by atoms with Crippen molar-refractivity contribution in [1.82, 2.24) is 0 Å². The van der Waals surface area contributed by atoms with E-state index in [1.165, 1.54) is 327 Å². The monoisotopic (exact) mass is 1130 g/mol.